The lowest BCUT2D eigenvalue weighted by Gasteiger charge is -2.25. The van der Waals surface area contributed by atoms with Crippen molar-refractivity contribution < 1.29 is 4.79 Å². The molecule has 200 valence electrons. The predicted molar refractivity (Wildman–Crippen MR) is 154 cm³/mol. The number of rotatable bonds is 6. The summed E-state index contributed by atoms with van der Waals surface area (Å²) in [4.78, 5) is 33.1. The summed E-state index contributed by atoms with van der Waals surface area (Å²) in [5, 5.41) is 9.56. The maximum Gasteiger partial charge on any atom is 0.255 e. The molecule has 1 aliphatic heterocycles. The third kappa shape index (κ3) is 5.37. The van der Waals surface area contributed by atoms with E-state index in [9.17, 15) is 4.79 Å². The quantitative estimate of drug-likeness (QED) is 0.283. The highest BCUT2D eigenvalue weighted by Gasteiger charge is 2.24. The van der Waals surface area contributed by atoms with Crippen LogP contribution in [0.1, 0.15) is 47.2 Å². The van der Waals surface area contributed by atoms with Gasteiger partial charge in [-0.05, 0) is 87.0 Å². The second-order valence-corrected chi connectivity index (χ2v) is 10.5. The smallest absolute Gasteiger partial charge is 0.255 e. The van der Waals surface area contributed by atoms with Crippen molar-refractivity contribution in [1.29, 1.82) is 0 Å². The summed E-state index contributed by atoms with van der Waals surface area (Å²) < 4.78 is 0. The van der Waals surface area contributed by atoms with E-state index in [4.69, 9.17) is 11.6 Å². The fourth-order valence-corrected chi connectivity index (χ4v) is 5.85. The van der Waals surface area contributed by atoms with Gasteiger partial charge in [-0.15, -0.1) is 0 Å². The van der Waals surface area contributed by atoms with E-state index in [1.165, 1.54) is 49.9 Å². The van der Waals surface area contributed by atoms with Gasteiger partial charge in [-0.2, -0.15) is 4.98 Å². The molecule has 1 unspecified atom stereocenters. The Balaban J connectivity index is 1.23. The Morgan fingerprint density at radius 2 is 1.77 bits per heavy atom. The molecule has 4 aromatic rings. The first kappa shape index (κ1) is 25.5. The zero-order valence-corrected chi connectivity index (χ0v) is 22.6. The highest BCUT2D eigenvalue weighted by molar-refractivity contribution is 6.33. The largest absolute Gasteiger partial charge is 0.355 e. The lowest BCUT2D eigenvalue weighted by atomic mass is 10.0. The molecule has 2 aromatic carbocycles. The molecule has 3 heterocycles. The van der Waals surface area contributed by atoms with Crippen molar-refractivity contribution in [2.45, 2.75) is 44.6 Å². The molecule has 0 radical (unpaired) electrons. The fraction of sp³-hybridized carbons (Fsp3) is 0.345. The van der Waals surface area contributed by atoms with E-state index in [0.717, 1.165) is 18.5 Å². The van der Waals surface area contributed by atoms with E-state index in [2.05, 4.69) is 59.0 Å². The molecule has 2 aromatic heterocycles. The second-order valence-electron chi connectivity index (χ2n) is 10.1. The fourth-order valence-electron chi connectivity index (χ4n) is 5.71. The number of nitrogens with one attached hydrogen (secondary N) is 3. The molecule has 1 atom stereocenters. The number of aryl methyl sites for hydroxylation is 2. The average molecular weight is 543 g/mol. The first-order chi connectivity index (χ1) is 19.1. The van der Waals surface area contributed by atoms with Gasteiger partial charge < -0.3 is 20.9 Å². The summed E-state index contributed by atoms with van der Waals surface area (Å²) in [5.41, 5.74) is 5.75. The normalized spacial score (nSPS) is 17.4. The van der Waals surface area contributed by atoms with Crippen LogP contribution in [0.25, 0.3) is 11.0 Å². The number of anilines is 4. The summed E-state index contributed by atoms with van der Waals surface area (Å²) in [6, 6.07) is 10.8. The summed E-state index contributed by atoms with van der Waals surface area (Å²) in [7, 11) is 1.58. The van der Waals surface area contributed by atoms with E-state index in [1.54, 1.807) is 37.8 Å². The number of nitrogens with zero attached hydrogens (tertiary/aromatic N) is 5. The van der Waals surface area contributed by atoms with Crippen LogP contribution in [0.15, 0.2) is 48.9 Å². The number of hydrogen-bond acceptors (Lipinski definition) is 8. The van der Waals surface area contributed by atoms with Gasteiger partial charge >= 0.3 is 0 Å². The van der Waals surface area contributed by atoms with E-state index in [-0.39, 0.29) is 5.91 Å². The van der Waals surface area contributed by atoms with Crippen LogP contribution in [0, 0.1) is 0 Å². The second kappa shape index (κ2) is 11.1. The number of amides is 1. The van der Waals surface area contributed by atoms with Crippen LogP contribution in [0.5, 0.6) is 0 Å². The van der Waals surface area contributed by atoms with Gasteiger partial charge in [0, 0.05) is 31.2 Å². The lowest BCUT2D eigenvalue weighted by Crippen LogP contribution is -2.32. The minimum atomic E-state index is -0.288. The molecular weight excluding hydrogens is 512 g/mol. The van der Waals surface area contributed by atoms with Crippen molar-refractivity contribution in [3.8, 4) is 0 Å². The first-order valence-corrected chi connectivity index (χ1v) is 13.8. The monoisotopic (exact) mass is 542 g/mol. The molecule has 6 rings (SSSR count). The van der Waals surface area contributed by atoms with E-state index in [1.807, 2.05) is 0 Å². The number of fused-ring (bicyclic) bond motifs is 2. The molecular formula is C29H31ClN8O. The van der Waals surface area contributed by atoms with Crippen LogP contribution in [-0.4, -0.2) is 56.9 Å². The van der Waals surface area contributed by atoms with Crippen molar-refractivity contribution >= 4 is 51.7 Å². The zero-order valence-electron chi connectivity index (χ0n) is 21.9. The van der Waals surface area contributed by atoms with Crippen molar-refractivity contribution in [3.63, 3.8) is 0 Å². The van der Waals surface area contributed by atoms with Gasteiger partial charge in [0.05, 0.1) is 23.0 Å². The van der Waals surface area contributed by atoms with Crippen LogP contribution < -0.4 is 16.0 Å². The highest BCUT2D eigenvalue weighted by Crippen LogP contribution is 2.31. The number of halogens is 1. The van der Waals surface area contributed by atoms with Crippen LogP contribution in [0.4, 0.5) is 23.1 Å². The maximum absolute atomic E-state index is 12.8. The molecule has 1 amide bonds. The SMILES string of the molecule is CNC(=O)c1c(Nc2nc(Nc3ccc4c(c3)CCC(N3CCCC3)CC4)ncc2Cl)ccc2nccnc12. The number of hydrogen-bond donors (Lipinski definition) is 3. The van der Waals surface area contributed by atoms with Crippen LogP contribution in [-0.2, 0) is 12.8 Å². The Kier molecular flexibility index (Phi) is 7.26. The summed E-state index contributed by atoms with van der Waals surface area (Å²) >= 11 is 6.47. The Hall–Kier alpha value is -3.82. The van der Waals surface area contributed by atoms with E-state index >= 15 is 0 Å². The minimum Gasteiger partial charge on any atom is -0.355 e. The standard InChI is InChI=1S/C29H31ClN8O/c1-31-28(39)25-23(10-11-24-26(25)33-13-12-32-24)36-27-22(30)17-34-29(37-27)35-20-7-4-18-5-8-21(9-6-19(18)16-20)38-14-2-3-15-38/h4,7,10-13,16-17,21H,2-3,5-6,8-9,14-15H2,1H3,(H,31,39)(H2,34,35,36,37). The molecule has 0 saturated carbocycles. The Morgan fingerprint density at radius 1 is 0.974 bits per heavy atom. The van der Waals surface area contributed by atoms with Gasteiger partial charge in [0.2, 0.25) is 5.95 Å². The molecule has 1 aliphatic carbocycles. The van der Waals surface area contributed by atoms with Crippen molar-refractivity contribution in [3.05, 3.63) is 70.6 Å². The van der Waals surface area contributed by atoms with Crippen molar-refractivity contribution in [1.82, 2.24) is 30.2 Å². The molecule has 1 saturated heterocycles. The van der Waals surface area contributed by atoms with Crippen LogP contribution in [0.2, 0.25) is 5.02 Å². The molecule has 1 fully saturated rings. The van der Waals surface area contributed by atoms with Crippen molar-refractivity contribution in [2.24, 2.45) is 0 Å². The Bertz CT molecular complexity index is 1520. The summed E-state index contributed by atoms with van der Waals surface area (Å²) in [5.74, 6) is 0.502. The summed E-state index contributed by atoms with van der Waals surface area (Å²) in [6.45, 7) is 2.49. The number of carbonyl (C=O) groups excluding carboxylic acids is 1. The molecule has 2 aliphatic rings. The van der Waals surface area contributed by atoms with Crippen molar-refractivity contribution in [2.75, 3.05) is 30.8 Å². The number of likely N-dealkylation sites (tertiary alicyclic amines) is 1. The molecule has 3 N–H and O–H groups in total. The Labute approximate surface area is 232 Å². The molecule has 0 bridgehead atoms. The number of benzene rings is 2. The lowest BCUT2D eigenvalue weighted by molar-refractivity contribution is 0.0965. The average Bonchev–Trinajstić information content (AvgIpc) is 3.42. The van der Waals surface area contributed by atoms with E-state index < -0.39 is 0 Å². The van der Waals surface area contributed by atoms with Gasteiger partial charge in [-0.25, -0.2) is 4.98 Å². The highest BCUT2D eigenvalue weighted by atomic mass is 35.5. The third-order valence-electron chi connectivity index (χ3n) is 7.71. The zero-order chi connectivity index (χ0) is 26.8. The van der Waals surface area contributed by atoms with Crippen LogP contribution >= 0.6 is 11.6 Å². The number of carbonyl (C=O) groups is 1. The number of aromatic nitrogens is 4. The summed E-state index contributed by atoms with van der Waals surface area (Å²) in [6.07, 6.45) is 12.0. The van der Waals surface area contributed by atoms with Gasteiger partial charge in [-0.1, -0.05) is 17.7 Å². The minimum absolute atomic E-state index is 0.288. The molecule has 9 nitrogen and oxygen atoms in total. The first-order valence-electron chi connectivity index (χ1n) is 13.5. The van der Waals surface area contributed by atoms with E-state index in [0.29, 0.717) is 45.1 Å². The van der Waals surface area contributed by atoms with Gasteiger partial charge in [0.25, 0.3) is 5.91 Å². The van der Waals surface area contributed by atoms with Gasteiger partial charge in [0.1, 0.15) is 10.5 Å². The molecule has 39 heavy (non-hydrogen) atoms. The van der Waals surface area contributed by atoms with Crippen LogP contribution in [0.3, 0.4) is 0 Å². The topological polar surface area (TPSA) is 108 Å². The van der Waals surface area contributed by atoms with Gasteiger partial charge in [-0.3, -0.25) is 14.8 Å². The third-order valence-corrected chi connectivity index (χ3v) is 7.98. The predicted octanol–water partition coefficient (Wildman–Crippen LogP) is 5.26. The Morgan fingerprint density at radius 3 is 2.59 bits per heavy atom. The molecule has 10 heteroatoms. The molecule has 0 spiro atoms. The maximum atomic E-state index is 12.8. The van der Waals surface area contributed by atoms with Gasteiger partial charge in [0.15, 0.2) is 5.82 Å².